The van der Waals surface area contributed by atoms with Crippen molar-refractivity contribution in [2.45, 2.75) is 110 Å². The summed E-state index contributed by atoms with van der Waals surface area (Å²) in [7, 11) is 0. The summed E-state index contributed by atoms with van der Waals surface area (Å²) < 4.78 is 0. The predicted octanol–water partition coefficient (Wildman–Crippen LogP) is 9.01. The standard InChI is InChI=1S/C31H46BN/c1-7-9-11-13-16-26-20-21-28(22-26)32(33(24(3)4)25(5)6)31-23-27(17-12-10-8-2)29-18-14-15-19-30(29)31/h8,14-15,18-25,27-28H,2,7,9-13,16-17H2,1,3-6H3. The number of rotatable bonds is 14. The monoisotopic (exact) mass is 443 g/mol. The van der Waals surface area contributed by atoms with E-state index in [1.807, 2.05) is 0 Å². The lowest BCUT2D eigenvalue weighted by atomic mass is 9.43. The molecule has 0 N–H and O–H groups in total. The fourth-order valence-electron chi connectivity index (χ4n) is 5.98. The second-order valence-electron chi connectivity index (χ2n) is 10.6. The Labute approximate surface area is 204 Å². The first-order valence-electron chi connectivity index (χ1n) is 13.6. The molecule has 0 radical (unpaired) electrons. The van der Waals surface area contributed by atoms with Crippen LogP contribution >= 0.6 is 0 Å². The van der Waals surface area contributed by atoms with Gasteiger partial charge in [-0.3, -0.25) is 0 Å². The van der Waals surface area contributed by atoms with Crippen LogP contribution in [0.2, 0.25) is 5.82 Å². The van der Waals surface area contributed by atoms with Crippen LogP contribution in [0, 0.1) is 0 Å². The van der Waals surface area contributed by atoms with Crippen LogP contribution in [0.5, 0.6) is 0 Å². The predicted molar refractivity (Wildman–Crippen MR) is 149 cm³/mol. The van der Waals surface area contributed by atoms with Gasteiger partial charge in [-0.25, -0.2) is 0 Å². The number of hydrogen-bond acceptors (Lipinski definition) is 1. The van der Waals surface area contributed by atoms with Crippen molar-refractivity contribution in [1.29, 1.82) is 0 Å². The van der Waals surface area contributed by atoms with Gasteiger partial charge in [0.25, 0.3) is 6.85 Å². The summed E-state index contributed by atoms with van der Waals surface area (Å²) in [4.78, 5) is 2.75. The molecule has 0 fully saturated rings. The van der Waals surface area contributed by atoms with Gasteiger partial charge < -0.3 is 4.81 Å². The molecule has 1 aromatic rings. The molecule has 0 aliphatic heterocycles. The Kier molecular flexibility index (Phi) is 9.86. The number of hydrogen-bond donors (Lipinski definition) is 0. The highest BCUT2D eigenvalue weighted by molar-refractivity contribution is 6.79. The van der Waals surface area contributed by atoms with Crippen molar-refractivity contribution in [2.24, 2.45) is 0 Å². The molecule has 1 nitrogen and oxygen atoms in total. The molecule has 3 rings (SSSR count). The van der Waals surface area contributed by atoms with Crippen LogP contribution in [-0.2, 0) is 0 Å². The van der Waals surface area contributed by atoms with E-state index in [0.717, 1.165) is 6.42 Å². The van der Waals surface area contributed by atoms with E-state index in [0.29, 0.717) is 30.7 Å². The maximum atomic E-state index is 3.93. The fourth-order valence-corrected chi connectivity index (χ4v) is 5.98. The fraction of sp³-hybridized carbons (Fsp3) is 0.548. The second-order valence-corrected chi connectivity index (χ2v) is 10.6. The van der Waals surface area contributed by atoms with Gasteiger partial charge in [0, 0.05) is 5.92 Å². The minimum atomic E-state index is 0.389. The molecule has 0 amide bonds. The van der Waals surface area contributed by atoms with E-state index in [2.05, 4.69) is 101 Å². The number of nitrogens with zero attached hydrogens (tertiary/aromatic N) is 1. The molecule has 0 heterocycles. The Balaban J connectivity index is 1.93. The number of benzene rings is 1. The van der Waals surface area contributed by atoms with Crippen molar-refractivity contribution in [2.75, 3.05) is 0 Å². The van der Waals surface area contributed by atoms with E-state index >= 15 is 0 Å². The van der Waals surface area contributed by atoms with E-state index in [1.165, 1.54) is 56.1 Å². The molecule has 2 heteroatoms. The van der Waals surface area contributed by atoms with Gasteiger partial charge in [0.1, 0.15) is 0 Å². The van der Waals surface area contributed by atoms with E-state index in [9.17, 15) is 0 Å². The Morgan fingerprint density at radius 2 is 1.76 bits per heavy atom. The summed E-state index contributed by atoms with van der Waals surface area (Å²) in [6.45, 7) is 16.1. The third-order valence-corrected chi connectivity index (χ3v) is 7.43. The van der Waals surface area contributed by atoms with E-state index < -0.39 is 0 Å². The van der Waals surface area contributed by atoms with Crippen LogP contribution in [0.15, 0.2) is 66.8 Å². The van der Waals surface area contributed by atoms with Gasteiger partial charge in [0.05, 0.1) is 0 Å². The van der Waals surface area contributed by atoms with E-state index in [-0.39, 0.29) is 0 Å². The van der Waals surface area contributed by atoms with E-state index in [1.54, 1.807) is 11.0 Å². The molecule has 2 atom stereocenters. The normalized spacial score (nSPS) is 19.4. The summed E-state index contributed by atoms with van der Waals surface area (Å²) in [6, 6.07) is 10.2. The first kappa shape index (κ1) is 25.8. The Bertz CT molecular complexity index is 851. The molecular formula is C31H46BN. The SMILES string of the molecule is C=CCCCC1C=C(B(C2C=CC(CCCCCC)=C2)N(C(C)C)C(C)C)c2ccccc21. The summed E-state index contributed by atoms with van der Waals surface area (Å²) >= 11 is 0. The number of unbranched alkanes of at least 4 members (excludes halogenated alkanes) is 4. The average Bonchev–Trinajstić information content (AvgIpc) is 3.40. The second kappa shape index (κ2) is 12.6. The topological polar surface area (TPSA) is 3.24 Å². The molecule has 1 aromatic carbocycles. The molecule has 0 aromatic heterocycles. The lowest BCUT2D eigenvalue weighted by molar-refractivity contribution is 0.305. The van der Waals surface area contributed by atoms with Crippen LogP contribution in [0.25, 0.3) is 5.47 Å². The highest BCUT2D eigenvalue weighted by Gasteiger charge is 2.40. The lowest BCUT2D eigenvalue weighted by Gasteiger charge is -2.39. The number of fused-ring (bicyclic) bond motifs is 1. The average molecular weight is 444 g/mol. The van der Waals surface area contributed by atoms with Crippen LogP contribution in [0.1, 0.15) is 103 Å². The van der Waals surface area contributed by atoms with Gasteiger partial charge in [-0.1, -0.05) is 120 Å². The van der Waals surface area contributed by atoms with Crippen molar-refractivity contribution < 1.29 is 0 Å². The van der Waals surface area contributed by atoms with Gasteiger partial charge in [-0.05, 0) is 61.1 Å². The molecular weight excluding hydrogens is 397 g/mol. The lowest BCUT2D eigenvalue weighted by Crippen LogP contribution is -2.50. The summed E-state index contributed by atoms with van der Waals surface area (Å²) in [6.07, 6.45) is 22.3. The molecule has 0 saturated carbocycles. The van der Waals surface area contributed by atoms with Crippen LogP contribution in [0.4, 0.5) is 0 Å². The minimum Gasteiger partial charge on any atom is -0.333 e. The Hall–Kier alpha value is -1.80. The Morgan fingerprint density at radius 3 is 2.45 bits per heavy atom. The molecule has 178 valence electrons. The summed E-state index contributed by atoms with van der Waals surface area (Å²) in [5.41, 5.74) is 6.10. The Morgan fingerprint density at radius 1 is 1.00 bits per heavy atom. The van der Waals surface area contributed by atoms with Gasteiger partial charge in [-0.15, -0.1) is 6.58 Å². The van der Waals surface area contributed by atoms with Gasteiger partial charge >= 0.3 is 0 Å². The first-order chi connectivity index (χ1) is 16.0. The largest absolute Gasteiger partial charge is 0.333 e. The van der Waals surface area contributed by atoms with Crippen molar-refractivity contribution >= 4 is 12.3 Å². The zero-order valence-corrected chi connectivity index (χ0v) is 21.9. The van der Waals surface area contributed by atoms with Crippen molar-refractivity contribution in [1.82, 2.24) is 4.81 Å². The van der Waals surface area contributed by atoms with Crippen LogP contribution in [-0.4, -0.2) is 23.7 Å². The highest BCUT2D eigenvalue weighted by atomic mass is 15.1. The molecule has 2 aliphatic carbocycles. The van der Waals surface area contributed by atoms with Crippen LogP contribution < -0.4 is 0 Å². The minimum absolute atomic E-state index is 0.389. The molecule has 0 bridgehead atoms. The first-order valence-corrected chi connectivity index (χ1v) is 13.6. The summed E-state index contributed by atoms with van der Waals surface area (Å²) in [5.74, 6) is 0.977. The molecule has 2 unspecified atom stereocenters. The van der Waals surface area contributed by atoms with Crippen molar-refractivity contribution in [3.05, 3.63) is 77.9 Å². The maximum absolute atomic E-state index is 3.93. The van der Waals surface area contributed by atoms with Crippen molar-refractivity contribution in [3.63, 3.8) is 0 Å². The quantitative estimate of drug-likeness (QED) is 0.157. The molecule has 0 spiro atoms. The zero-order chi connectivity index (χ0) is 23.8. The highest BCUT2D eigenvalue weighted by Crippen LogP contribution is 2.45. The van der Waals surface area contributed by atoms with E-state index in [4.69, 9.17) is 0 Å². The summed E-state index contributed by atoms with van der Waals surface area (Å²) in [5, 5.41) is 0. The molecule has 0 saturated heterocycles. The zero-order valence-electron chi connectivity index (χ0n) is 21.9. The van der Waals surface area contributed by atoms with Crippen LogP contribution in [0.3, 0.4) is 0 Å². The third-order valence-electron chi connectivity index (χ3n) is 7.43. The molecule has 33 heavy (non-hydrogen) atoms. The van der Waals surface area contributed by atoms with Gasteiger partial charge in [0.15, 0.2) is 0 Å². The smallest absolute Gasteiger partial charge is 0.269 e. The van der Waals surface area contributed by atoms with Crippen molar-refractivity contribution in [3.8, 4) is 0 Å². The number of allylic oxidation sites excluding steroid dienone is 6. The van der Waals surface area contributed by atoms with Gasteiger partial charge in [-0.2, -0.15) is 0 Å². The third kappa shape index (κ3) is 6.41. The maximum Gasteiger partial charge on any atom is 0.269 e. The molecule has 2 aliphatic rings. The van der Waals surface area contributed by atoms with Gasteiger partial charge in [0.2, 0.25) is 0 Å².